The van der Waals surface area contributed by atoms with E-state index in [2.05, 4.69) is 32.3 Å². The number of fused-ring (bicyclic) bond motifs is 3. The van der Waals surface area contributed by atoms with Crippen molar-refractivity contribution in [2.75, 3.05) is 27.2 Å². The van der Waals surface area contributed by atoms with Crippen LogP contribution in [-0.4, -0.2) is 80.7 Å². The minimum atomic E-state index is -2.36. The summed E-state index contributed by atoms with van der Waals surface area (Å²) >= 11 is 0. The second-order valence-electron chi connectivity index (χ2n) is 12.7. The Labute approximate surface area is 234 Å². The van der Waals surface area contributed by atoms with Gasteiger partial charge >= 0.3 is 0 Å². The highest BCUT2D eigenvalue weighted by Crippen LogP contribution is 2.54. The first kappa shape index (κ1) is 29.8. The molecule has 4 rings (SSSR count). The number of primary amides is 1. The number of benzene rings is 1. The Morgan fingerprint density at radius 1 is 1.25 bits per heavy atom. The van der Waals surface area contributed by atoms with Gasteiger partial charge in [0.1, 0.15) is 23.1 Å². The SMILES string of the molecule is C=C1C(C(N)=O)=C(O)[C@@H](N(C)C)[C@@H]2C[C@@H]3Cc4c(F)c(CN(CC)CC(C)(C)C)cc(O)c4C(O)=C3C(=O)[C@]12O. The number of rotatable bonds is 6. The van der Waals surface area contributed by atoms with Crippen LogP contribution in [0.5, 0.6) is 5.75 Å². The minimum absolute atomic E-state index is 0.00848. The van der Waals surface area contributed by atoms with Crippen molar-refractivity contribution in [1.82, 2.24) is 9.80 Å². The van der Waals surface area contributed by atoms with Crippen molar-refractivity contribution < 1.29 is 34.4 Å². The number of hydrogen-bond acceptors (Lipinski definition) is 8. The summed E-state index contributed by atoms with van der Waals surface area (Å²) in [6.45, 7) is 13.6. The van der Waals surface area contributed by atoms with E-state index in [0.29, 0.717) is 13.1 Å². The highest BCUT2D eigenvalue weighted by Gasteiger charge is 2.62. The fraction of sp³-hybridized carbons (Fsp3) is 0.533. The molecular formula is C30H40FN3O6. The lowest BCUT2D eigenvalue weighted by Crippen LogP contribution is -2.63. The second kappa shape index (κ2) is 10.0. The van der Waals surface area contributed by atoms with Crippen LogP contribution in [0.1, 0.15) is 50.8 Å². The monoisotopic (exact) mass is 557 g/mol. The van der Waals surface area contributed by atoms with Gasteiger partial charge in [-0.1, -0.05) is 34.3 Å². The van der Waals surface area contributed by atoms with Crippen molar-refractivity contribution in [2.45, 2.75) is 58.7 Å². The third kappa shape index (κ3) is 4.52. The maximum atomic E-state index is 16.0. The normalized spacial score (nSPS) is 26.8. The van der Waals surface area contributed by atoms with Crippen LogP contribution < -0.4 is 5.73 Å². The molecule has 0 radical (unpaired) electrons. The highest BCUT2D eigenvalue weighted by molar-refractivity contribution is 6.13. The molecule has 10 heteroatoms. The third-order valence-corrected chi connectivity index (χ3v) is 8.45. The standard InChI is InChI=1S/C30H40FN3O6/c1-8-34(13-29(3,4)5)12-16-11-19(35)22-17(23(16)31)9-15-10-18-24(33(6)7)26(37)20(28(32)39)14(2)30(18,40)27(38)21(15)25(22)36/h11,15,18,24,35-37,40H,2,8-10,12-13H2,1,3-7H3,(H2,32,39)/t15-,18-,24-,30-/m0/s1. The first-order valence-corrected chi connectivity index (χ1v) is 13.5. The number of aromatic hydroxyl groups is 1. The number of aliphatic hydroxyl groups excluding tert-OH is 2. The van der Waals surface area contributed by atoms with Crippen LogP contribution in [-0.2, 0) is 22.6 Å². The summed E-state index contributed by atoms with van der Waals surface area (Å²) in [5.41, 5.74) is 2.35. The first-order chi connectivity index (χ1) is 18.4. The number of nitrogens with zero attached hydrogens (tertiary/aromatic N) is 2. The Hall–Kier alpha value is -3.21. The lowest BCUT2D eigenvalue weighted by atomic mass is 9.56. The van der Waals surface area contributed by atoms with Gasteiger partial charge in [0.2, 0.25) is 0 Å². The molecule has 9 nitrogen and oxygen atoms in total. The summed E-state index contributed by atoms with van der Waals surface area (Å²) in [7, 11) is 3.25. The number of halogens is 1. The number of nitrogens with two attached hydrogens (primary N) is 1. The molecular weight excluding hydrogens is 517 g/mol. The molecule has 0 aliphatic heterocycles. The molecule has 1 saturated carbocycles. The topological polar surface area (TPSA) is 148 Å². The summed E-state index contributed by atoms with van der Waals surface area (Å²) in [4.78, 5) is 29.8. The lowest BCUT2D eigenvalue weighted by molar-refractivity contribution is -0.143. The van der Waals surface area contributed by atoms with E-state index in [4.69, 9.17) is 5.73 Å². The van der Waals surface area contributed by atoms with Gasteiger partial charge in [-0.3, -0.25) is 19.4 Å². The van der Waals surface area contributed by atoms with E-state index in [9.17, 15) is 30.0 Å². The molecule has 6 N–H and O–H groups in total. The van der Waals surface area contributed by atoms with E-state index in [1.54, 1.807) is 19.0 Å². The maximum Gasteiger partial charge on any atom is 0.252 e. The molecule has 1 aromatic rings. The lowest BCUT2D eigenvalue weighted by Gasteiger charge is -2.52. The molecule has 0 aromatic heterocycles. The van der Waals surface area contributed by atoms with Gasteiger partial charge in [0, 0.05) is 41.3 Å². The van der Waals surface area contributed by atoms with E-state index in [1.165, 1.54) is 6.07 Å². The number of aliphatic hydroxyl groups is 3. The summed E-state index contributed by atoms with van der Waals surface area (Å²) in [6, 6.07) is 0.307. The molecule has 1 aromatic carbocycles. The summed E-state index contributed by atoms with van der Waals surface area (Å²) in [5, 5.41) is 45.1. The molecule has 0 saturated heterocycles. The van der Waals surface area contributed by atoms with Crippen molar-refractivity contribution in [2.24, 2.45) is 23.0 Å². The smallest absolute Gasteiger partial charge is 0.252 e. The van der Waals surface area contributed by atoms with Crippen molar-refractivity contribution in [3.05, 3.63) is 57.6 Å². The molecule has 0 heterocycles. The van der Waals surface area contributed by atoms with Crippen LogP contribution in [0.2, 0.25) is 0 Å². The van der Waals surface area contributed by atoms with Gasteiger partial charge in [0.05, 0.1) is 17.2 Å². The molecule has 1 fully saturated rings. The fourth-order valence-electron chi connectivity index (χ4n) is 6.82. The summed E-state index contributed by atoms with van der Waals surface area (Å²) in [5.74, 6) is -5.58. The van der Waals surface area contributed by atoms with E-state index in [0.717, 1.165) is 0 Å². The van der Waals surface area contributed by atoms with Crippen molar-refractivity contribution in [3.63, 3.8) is 0 Å². The number of carbonyl (C=O) groups excluding carboxylic acids is 2. The molecule has 1 amide bonds. The number of likely N-dealkylation sites (N-methyl/N-ethyl adjacent to an activating group) is 1. The average Bonchev–Trinajstić information content (AvgIpc) is 2.82. The molecule has 3 aliphatic carbocycles. The van der Waals surface area contributed by atoms with Crippen molar-refractivity contribution >= 4 is 17.4 Å². The molecule has 3 aliphatic rings. The molecule has 0 spiro atoms. The van der Waals surface area contributed by atoms with Crippen LogP contribution in [0.15, 0.2) is 35.1 Å². The van der Waals surface area contributed by atoms with Gasteiger partial charge in [-0.2, -0.15) is 0 Å². The molecule has 0 unspecified atom stereocenters. The minimum Gasteiger partial charge on any atom is -0.510 e. The van der Waals surface area contributed by atoms with Crippen LogP contribution in [0.3, 0.4) is 0 Å². The van der Waals surface area contributed by atoms with Gasteiger partial charge in [-0.15, -0.1) is 0 Å². The predicted octanol–water partition coefficient (Wildman–Crippen LogP) is 2.96. The Balaban J connectivity index is 1.84. The van der Waals surface area contributed by atoms with Crippen LogP contribution in [0.4, 0.5) is 4.39 Å². The zero-order chi connectivity index (χ0) is 30.1. The van der Waals surface area contributed by atoms with Gasteiger partial charge in [-0.25, -0.2) is 4.39 Å². The van der Waals surface area contributed by atoms with Crippen LogP contribution in [0, 0.1) is 23.1 Å². The van der Waals surface area contributed by atoms with Crippen molar-refractivity contribution in [3.8, 4) is 5.75 Å². The van der Waals surface area contributed by atoms with Gasteiger partial charge in [-0.05, 0) is 50.9 Å². The predicted molar refractivity (Wildman–Crippen MR) is 149 cm³/mol. The van der Waals surface area contributed by atoms with Gasteiger partial charge < -0.3 is 26.2 Å². The average molecular weight is 558 g/mol. The summed E-state index contributed by atoms with van der Waals surface area (Å²) in [6.07, 6.45) is 0.0556. The van der Waals surface area contributed by atoms with Crippen LogP contribution in [0.25, 0.3) is 5.76 Å². The van der Waals surface area contributed by atoms with Crippen molar-refractivity contribution in [1.29, 1.82) is 0 Å². The zero-order valence-electron chi connectivity index (χ0n) is 24.0. The molecule has 4 atom stereocenters. The number of carbonyl (C=O) groups is 2. The highest BCUT2D eigenvalue weighted by atomic mass is 19.1. The quantitative estimate of drug-likeness (QED) is 0.359. The van der Waals surface area contributed by atoms with E-state index in [1.807, 2.05) is 6.92 Å². The molecule has 218 valence electrons. The van der Waals surface area contributed by atoms with E-state index in [-0.39, 0.29) is 58.4 Å². The van der Waals surface area contributed by atoms with E-state index < -0.39 is 58.1 Å². The molecule has 0 bridgehead atoms. The zero-order valence-corrected chi connectivity index (χ0v) is 24.0. The third-order valence-electron chi connectivity index (χ3n) is 8.45. The summed E-state index contributed by atoms with van der Waals surface area (Å²) < 4.78 is 16.0. The van der Waals surface area contributed by atoms with Gasteiger partial charge in [0.15, 0.2) is 11.4 Å². The Morgan fingerprint density at radius 2 is 1.88 bits per heavy atom. The Morgan fingerprint density at radius 3 is 2.40 bits per heavy atom. The number of amides is 1. The number of hydrogen-bond donors (Lipinski definition) is 5. The number of phenols is 1. The Kier molecular flexibility index (Phi) is 7.45. The maximum absolute atomic E-state index is 16.0. The first-order valence-electron chi connectivity index (χ1n) is 13.5. The largest absolute Gasteiger partial charge is 0.510 e. The Bertz CT molecular complexity index is 1360. The second-order valence-corrected chi connectivity index (χ2v) is 12.7. The number of phenolic OH excluding ortho intramolecular Hbond substituents is 1. The van der Waals surface area contributed by atoms with E-state index >= 15 is 4.39 Å². The fourth-order valence-corrected chi connectivity index (χ4v) is 6.82. The number of Topliss-reactive ketones (excluding diaryl/α,β-unsaturated/α-hetero) is 1. The van der Waals surface area contributed by atoms with Gasteiger partial charge in [0.25, 0.3) is 5.91 Å². The number of ketones is 1. The molecule has 40 heavy (non-hydrogen) atoms. The van der Waals surface area contributed by atoms with Crippen LogP contribution >= 0.6 is 0 Å².